The molecule has 0 bridgehead atoms. The van der Waals surface area contributed by atoms with Crippen LogP contribution >= 0.6 is 0 Å². The Bertz CT molecular complexity index is 748. The smallest absolute Gasteiger partial charge is 0.252 e. The second-order valence-corrected chi connectivity index (χ2v) is 5.13. The highest BCUT2D eigenvalue weighted by Gasteiger charge is 2.16. The van der Waals surface area contributed by atoms with Crippen LogP contribution in [0.25, 0.3) is 11.3 Å². The number of hydrogen-bond donors (Lipinski definition) is 1. The third kappa shape index (κ3) is 2.93. The van der Waals surface area contributed by atoms with Crippen LogP contribution in [0.1, 0.15) is 28.9 Å². The number of amides is 1. The van der Waals surface area contributed by atoms with Crippen LogP contribution in [0.2, 0.25) is 0 Å². The van der Waals surface area contributed by atoms with Crippen LogP contribution in [-0.2, 0) is 0 Å². The molecule has 1 amide bonds. The molecule has 3 heteroatoms. The van der Waals surface area contributed by atoms with Gasteiger partial charge in [0.15, 0.2) is 0 Å². The molecule has 22 heavy (non-hydrogen) atoms. The molecule has 1 unspecified atom stereocenters. The zero-order valence-corrected chi connectivity index (χ0v) is 12.3. The summed E-state index contributed by atoms with van der Waals surface area (Å²) in [6.07, 6.45) is 1.61. The Morgan fingerprint density at radius 3 is 2.41 bits per heavy atom. The lowest BCUT2D eigenvalue weighted by molar-refractivity contribution is 0.0940. The lowest BCUT2D eigenvalue weighted by Crippen LogP contribution is -2.27. The number of benzene rings is 2. The first-order valence-electron chi connectivity index (χ1n) is 7.24. The van der Waals surface area contributed by atoms with Crippen molar-refractivity contribution in [3.8, 4) is 11.3 Å². The Balaban J connectivity index is 1.84. The van der Waals surface area contributed by atoms with Gasteiger partial charge in [0.1, 0.15) is 5.76 Å². The summed E-state index contributed by atoms with van der Waals surface area (Å²) in [5, 5.41) is 3.03. The Labute approximate surface area is 129 Å². The molecule has 1 heterocycles. The molecular weight excluding hydrogens is 274 g/mol. The van der Waals surface area contributed by atoms with Crippen molar-refractivity contribution in [2.75, 3.05) is 0 Å². The third-order valence-electron chi connectivity index (χ3n) is 3.61. The molecule has 1 atom stereocenters. The summed E-state index contributed by atoms with van der Waals surface area (Å²) >= 11 is 0. The van der Waals surface area contributed by atoms with Gasteiger partial charge in [-0.3, -0.25) is 4.79 Å². The van der Waals surface area contributed by atoms with Crippen molar-refractivity contribution in [3.05, 3.63) is 84.1 Å². The molecule has 3 aromatic rings. The highest BCUT2D eigenvalue weighted by molar-refractivity contribution is 6.00. The molecule has 0 aliphatic heterocycles. The number of nitrogens with one attached hydrogen (secondary N) is 1. The zero-order valence-electron chi connectivity index (χ0n) is 12.3. The van der Waals surface area contributed by atoms with E-state index in [1.165, 1.54) is 0 Å². The number of carbonyl (C=O) groups is 1. The summed E-state index contributed by atoms with van der Waals surface area (Å²) in [6, 6.07) is 21.0. The fourth-order valence-electron chi connectivity index (χ4n) is 2.43. The zero-order chi connectivity index (χ0) is 15.4. The molecule has 0 fully saturated rings. The van der Waals surface area contributed by atoms with Gasteiger partial charge >= 0.3 is 0 Å². The molecule has 0 spiro atoms. The van der Waals surface area contributed by atoms with Crippen LogP contribution in [0.5, 0.6) is 0 Å². The van der Waals surface area contributed by atoms with Gasteiger partial charge in [-0.25, -0.2) is 0 Å². The summed E-state index contributed by atoms with van der Waals surface area (Å²) in [5.41, 5.74) is 2.48. The molecule has 0 saturated carbocycles. The van der Waals surface area contributed by atoms with E-state index in [1.807, 2.05) is 73.7 Å². The van der Waals surface area contributed by atoms with E-state index in [1.54, 1.807) is 6.26 Å². The summed E-state index contributed by atoms with van der Waals surface area (Å²) in [6.45, 7) is 1.97. The Hall–Kier alpha value is -2.81. The van der Waals surface area contributed by atoms with Gasteiger partial charge < -0.3 is 9.73 Å². The average Bonchev–Trinajstić information content (AvgIpc) is 3.10. The summed E-state index contributed by atoms with van der Waals surface area (Å²) < 4.78 is 5.42. The summed E-state index contributed by atoms with van der Waals surface area (Å²) in [4.78, 5) is 12.6. The number of carbonyl (C=O) groups excluding carboxylic acids is 1. The van der Waals surface area contributed by atoms with Crippen molar-refractivity contribution in [2.45, 2.75) is 13.0 Å². The van der Waals surface area contributed by atoms with Gasteiger partial charge in [0.05, 0.1) is 17.9 Å². The van der Waals surface area contributed by atoms with Crippen molar-refractivity contribution >= 4 is 5.91 Å². The third-order valence-corrected chi connectivity index (χ3v) is 3.61. The van der Waals surface area contributed by atoms with E-state index in [0.29, 0.717) is 11.3 Å². The molecule has 1 aromatic heterocycles. The van der Waals surface area contributed by atoms with Crippen LogP contribution in [0.3, 0.4) is 0 Å². The van der Waals surface area contributed by atoms with Crippen molar-refractivity contribution < 1.29 is 9.21 Å². The lowest BCUT2D eigenvalue weighted by Gasteiger charge is -2.15. The average molecular weight is 291 g/mol. The van der Waals surface area contributed by atoms with Crippen molar-refractivity contribution in [1.82, 2.24) is 5.32 Å². The van der Waals surface area contributed by atoms with Gasteiger partial charge in [0.25, 0.3) is 5.91 Å². The van der Waals surface area contributed by atoms with E-state index < -0.39 is 0 Å². The van der Waals surface area contributed by atoms with Crippen LogP contribution < -0.4 is 5.32 Å². The second-order valence-electron chi connectivity index (χ2n) is 5.13. The molecule has 0 aliphatic carbocycles. The minimum Gasteiger partial charge on any atom is -0.464 e. The first-order chi connectivity index (χ1) is 10.8. The molecule has 1 N–H and O–H groups in total. The van der Waals surface area contributed by atoms with Gasteiger partial charge in [0.2, 0.25) is 0 Å². The largest absolute Gasteiger partial charge is 0.464 e. The number of rotatable bonds is 4. The van der Waals surface area contributed by atoms with Gasteiger partial charge in [-0.2, -0.15) is 0 Å². The Morgan fingerprint density at radius 1 is 0.955 bits per heavy atom. The predicted octanol–water partition coefficient (Wildman–Crippen LogP) is 4.44. The monoisotopic (exact) mass is 291 g/mol. The van der Waals surface area contributed by atoms with Gasteiger partial charge in [0, 0.05) is 5.56 Å². The van der Waals surface area contributed by atoms with Crippen LogP contribution in [0.15, 0.2) is 77.4 Å². The van der Waals surface area contributed by atoms with Crippen LogP contribution in [0, 0.1) is 0 Å². The van der Waals surface area contributed by atoms with E-state index in [-0.39, 0.29) is 11.9 Å². The maximum absolute atomic E-state index is 12.6. The molecule has 0 saturated heterocycles. The van der Waals surface area contributed by atoms with E-state index >= 15 is 0 Å². The SMILES string of the molecule is CC(NC(=O)c1ccccc1-c1ccco1)c1ccccc1. The minimum absolute atomic E-state index is 0.0571. The van der Waals surface area contributed by atoms with E-state index in [0.717, 1.165) is 11.1 Å². The topological polar surface area (TPSA) is 42.2 Å². The van der Waals surface area contributed by atoms with E-state index in [9.17, 15) is 4.79 Å². The summed E-state index contributed by atoms with van der Waals surface area (Å²) in [5.74, 6) is 0.585. The van der Waals surface area contributed by atoms with Crippen molar-refractivity contribution in [1.29, 1.82) is 0 Å². The quantitative estimate of drug-likeness (QED) is 0.772. The standard InChI is InChI=1S/C19H17NO2/c1-14(15-8-3-2-4-9-15)20-19(21)17-11-6-5-10-16(17)18-12-7-13-22-18/h2-14H,1H3,(H,20,21). The Kier molecular flexibility index (Phi) is 4.05. The van der Waals surface area contributed by atoms with Crippen molar-refractivity contribution in [3.63, 3.8) is 0 Å². The van der Waals surface area contributed by atoms with Gasteiger partial charge in [-0.05, 0) is 30.7 Å². The highest BCUT2D eigenvalue weighted by atomic mass is 16.3. The van der Waals surface area contributed by atoms with E-state index in [4.69, 9.17) is 4.42 Å². The minimum atomic E-state index is -0.108. The molecular formula is C19H17NO2. The van der Waals surface area contributed by atoms with Crippen LogP contribution in [-0.4, -0.2) is 5.91 Å². The van der Waals surface area contributed by atoms with Crippen LogP contribution in [0.4, 0.5) is 0 Å². The molecule has 3 nitrogen and oxygen atoms in total. The fourth-order valence-corrected chi connectivity index (χ4v) is 2.43. The first-order valence-corrected chi connectivity index (χ1v) is 7.24. The molecule has 0 radical (unpaired) electrons. The molecule has 0 aliphatic rings. The van der Waals surface area contributed by atoms with Gasteiger partial charge in [-0.15, -0.1) is 0 Å². The van der Waals surface area contributed by atoms with E-state index in [2.05, 4.69) is 5.32 Å². The molecule has 3 rings (SSSR count). The lowest BCUT2D eigenvalue weighted by atomic mass is 10.0. The maximum Gasteiger partial charge on any atom is 0.252 e. The highest BCUT2D eigenvalue weighted by Crippen LogP contribution is 2.24. The van der Waals surface area contributed by atoms with Gasteiger partial charge in [-0.1, -0.05) is 48.5 Å². The normalized spacial score (nSPS) is 11.9. The number of hydrogen-bond acceptors (Lipinski definition) is 2. The molecule has 2 aromatic carbocycles. The van der Waals surface area contributed by atoms with Crippen molar-refractivity contribution in [2.24, 2.45) is 0 Å². The first kappa shape index (κ1) is 14.1. The Morgan fingerprint density at radius 2 is 1.68 bits per heavy atom. The number of furan rings is 1. The fraction of sp³-hybridized carbons (Fsp3) is 0.105. The molecule has 110 valence electrons. The maximum atomic E-state index is 12.6. The summed E-state index contributed by atoms with van der Waals surface area (Å²) in [7, 11) is 0. The second kappa shape index (κ2) is 6.31. The predicted molar refractivity (Wildman–Crippen MR) is 86.5 cm³/mol.